The molecule has 0 aliphatic carbocycles. The van der Waals surface area contributed by atoms with Crippen molar-refractivity contribution in [2.75, 3.05) is 6.61 Å². The van der Waals surface area contributed by atoms with Gasteiger partial charge in [-0.05, 0) is 12.1 Å². The van der Waals surface area contributed by atoms with Crippen molar-refractivity contribution in [3.63, 3.8) is 0 Å². The minimum Gasteiger partial charge on any atom is -0.475 e. The van der Waals surface area contributed by atoms with E-state index in [0.717, 1.165) is 0 Å². The Balaban J connectivity index is 2.30. The van der Waals surface area contributed by atoms with Crippen molar-refractivity contribution in [1.82, 2.24) is 0 Å². The minimum atomic E-state index is -0.672. The summed E-state index contributed by atoms with van der Waals surface area (Å²) >= 11 is 0. The molecule has 4 nitrogen and oxygen atoms in total. The summed E-state index contributed by atoms with van der Waals surface area (Å²) in [6.45, 7) is 3.64. The third-order valence-electron chi connectivity index (χ3n) is 1.94. The van der Waals surface area contributed by atoms with Crippen molar-refractivity contribution in [3.05, 3.63) is 18.2 Å². The fraction of sp³-hybridized carbons (Fsp3) is 0.364. The van der Waals surface area contributed by atoms with Gasteiger partial charge in [-0.3, -0.25) is 0 Å². The molecule has 0 bridgehead atoms. The SMILES string of the molecule is CC1(C)Oc2cccc(OCC#N)c2O1. The first-order valence-electron chi connectivity index (χ1n) is 4.63. The van der Waals surface area contributed by atoms with E-state index in [2.05, 4.69) is 0 Å². The highest BCUT2D eigenvalue weighted by Crippen LogP contribution is 2.45. The van der Waals surface area contributed by atoms with Gasteiger partial charge in [-0.25, -0.2) is 0 Å². The van der Waals surface area contributed by atoms with Crippen LogP contribution in [0.3, 0.4) is 0 Å². The molecule has 78 valence electrons. The number of nitriles is 1. The first-order valence-corrected chi connectivity index (χ1v) is 4.63. The largest absolute Gasteiger partial charge is 0.475 e. The molecule has 1 heterocycles. The van der Waals surface area contributed by atoms with Crippen LogP contribution < -0.4 is 14.2 Å². The van der Waals surface area contributed by atoms with Crippen molar-refractivity contribution < 1.29 is 14.2 Å². The van der Waals surface area contributed by atoms with E-state index in [4.69, 9.17) is 19.5 Å². The van der Waals surface area contributed by atoms with Crippen LogP contribution in [0.1, 0.15) is 13.8 Å². The Labute approximate surface area is 88.0 Å². The zero-order chi connectivity index (χ0) is 10.9. The van der Waals surface area contributed by atoms with Crippen LogP contribution >= 0.6 is 0 Å². The molecule has 0 fully saturated rings. The van der Waals surface area contributed by atoms with Gasteiger partial charge >= 0.3 is 0 Å². The van der Waals surface area contributed by atoms with E-state index in [1.165, 1.54) is 0 Å². The summed E-state index contributed by atoms with van der Waals surface area (Å²) in [6.07, 6.45) is 0. The Hall–Kier alpha value is -1.89. The zero-order valence-corrected chi connectivity index (χ0v) is 8.61. The van der Waals surface area contributed by atoms with Crippen LogP contribution in [0.2, 0.25) is 0 Å². The molecule has 0 atom stereocenters. The maximum Gasteiger partial charge on any atom is 0.246 e. The monoisotopic (exact) mass is 205 g/mol. The number of nitrogens with zero attached hydrogens (tertiary/aromatic N) is 1. The molecule has 0 saturated carbocycles. The Morgan fingerprint density at radius 1 is 1.40 bits per heavy atom. The predicted octanol–water partition coefficient (Wildman–Crippen LogP) is 2.10. The molecule has 15 heavy (non-hydrogen) atoms. The first kappa shape index (κ1) is 9.66. The number of para-hydroxylation sites is 1. The summed E-state index contributed by atoms with van der Waals surface area (Å²) in [5.41, 5.74) is 0. The van der Waals surface area contributed by atoms with Gasteiger partial charge in [0.15, 0.2) is 18.1 Å². The van der Waals surface area contributed by atoms with Crippen molar-refractivity contribution >= 4 is 0 Å². The smallest absolute Gasteiger partial charge is 0.246 e. The fourth-order valence-corrected chi connectivity index (χ4v) is 1.43. The summed E-state index contributed by atoms with van der Waals surface area (Å²) in [5.74, 6) is 1.09. The highest BCUT2D eigenvalue weighted by Gasteiger charge is 2.33. The summed E-state index contributed by atoms with van der Waals surface area (Å²) in [6, 6.07) is 7.27. The van der Waals surface area contributed by atoms with Crippen LogP contribution in [0.25, 0.3) is 0 Å². The van der Waals surface area contributed by atoms with Crippen LogP contribution in [0.4, 0.5) is 0 Å². The number of ether oxygens (including phenoxy) is 3. The lowest BCUT2D eigenvalue weighted by atomic mass is 10.3. The van der Waals surface area contributed by atoms with E-state index in [1.54, 1.807) is 12.1 Å². The van der Waals surface area contributed by atoms with Crippen LogP contribution in [0.15, 0.2) is 18.2 Å². The third-order valence-corrected chi connectivity index (χ3v) is 1.94. The van der Waals surface area contributed by atoms with Crippen LogP contribution in [0, 0.1) is 11.3 Å². The quantitative estimate of drug-likeness (QED) is 0.741. The van der Waals surface area contributed by atoms with Crippen molar-refractivity contribution in [2.24, 2.45) is 0 Å². The minimum absolute atomic E-state index is 0.000240. The molecule has 1 aliphatic rings. The summed E-state index contributed by atoms with van der Waals surface area (Å²) in [5, 5.41) is 8.43. The Bertz CT molecular complexity index is 420. The lowest BCUT2D eigenvalue weighted by Crippen LogP contribution is -2.29. The first-order chi connectivity index (χ1) is 7.12. The lowest BCUT2D eigenvalue weighted by molar-refractivity contribution is -0.0440. The van der Waals surface area contributed by atoms with Crippen molar-refractivity contribution in [3.8, 4) is 23.3 Å². The molecule has 4 heteroatoms. The van der Waals surface area contributed by atoms with Crippen molar-refractivity contribution in [2.45, 2.75) is 19.6 Å². The van der Waals surface area contributed by atoms with Gasteiger partial charge in [-0.1, -0.05) is 6.07 Å². The van der Waals surface area contributed by atoms with Gasteiger partial charge in [0, 0.05) is 13.8 Å². The standard InChI is InChI=1S/C11H11NO3/c1-11(2)14-9-5-3-4-8(10(9)15-11)13-7-6-12/h3-5H,7H2,1-2H3. The normalized spacial score (nSPS) is 15.8. The Morgan fingerprint density at radius 2 is 2.20 bits per heavy atom. The summed E-state index contributed by atoms with van der Waals surface area (Å²) in [7, 11) is 0. The van der Waals surface area contributed by atoms with E-state index >= 15 is 0 Å². The Kier molecular flexibility index (Phi) is 2.16. The molecule has 1 aromatic carbocycles. The molecule has 0 unspecified atom stereocenters. The molecular formula is C11H11NO3. The predicted molar refractivity (Wildman–Crippen MR) is 52.9 cm³/mol. The maximum absolute atomic E-state index is 8.43. The van der Waals surface area contributed by atoms with Gasteiger partial charge in [0.2, 0.25) is 11.5 Å². The van der Waals surface area contributed by atoms with Gasteiger partial charge < -0.3 is 14.2 Å². The number of hydrogen-bond acceptors (Lipinski definition) is 4. The zero-order valence-electron chi connectivity index (χ0n) is 8.61. The highest BCUT2D eigenvalue weighted by molar-refractivity contribution is 5.53. The molecule has 1 aromatic rings. The molecule has 0 radical (unpaired) electrons. The van der Waals surface area contributed by atoms with E-state index < -0.39 is 5.79 Å². The molecule has 0 spiro atoms. The number of fused-ring (bicyclic) bond motifs is 1. The second kappa shape index (κ2) is 3.35. The molecule has 0 N–H and O–H groups in total. The second-order valence-electron chi connectivity index (χ2n) is 3.63. The van der Waals surface area contributed by atoms with Crippen LogP contribution in [0.5, 0.6) is 17.2 Å². The average Bonchev–Trinajstić information content (AvgIpc) is 2.49. The van der Waals surface area contributed by atoms with Crippen LogP contribution in [-0.4, -0.2) is 12.4 Å². The van der Waals surface area contributed by atoms with Crippen LogP contribution in [-0.2, 0) is 0 Å². The van der Waals surface area contributed by atoms with E-state index in [9.17, 15) is 0 Å². The maximum atomic E-state index is 8.43. The lowest BCUT2D eigenvalue weighted by Gasteiger charge is -2.16. The number of hydrogen-bond donors (Lipinski definition) is 0. The molecule has 2 rings (SSSR count). The topological polar surface area (TPSA) is 51.5 Å². The highest BCUT2D eigenvalue weighted by atomic mass is 16.7. The van der Waals surface area contributed by atoms with E-state index in [1.807, 2.05) is 26.0 Å². The average molecular weight is 205 g/mol. The molecule has 1 aliphatic heterocycles. The van der Waals surface area contributed by atoms with Gasteiger partial charge in [-0.15, -0.1) is 0 Å². The number of rotatable bonds is 2. The summed E-state index contributed by atoms with van der Waals surface area (Å²) < 4.78 is 16.3. The molecule has 0 aromatic heterocycles. The molecular weight excluding hydrogens is 194 g/mol. The van der Waals surface area contributed by atoms with Gasteiger partial charge in [0.1, 0.15) is 6.07 Å². The Morgan fingerprint density at radius 3 is 2.93 bits per heavy atom. The van der Waals surface area contributed by atoms with Gasteiger partial charge in [-0.2, -0.15) is 5.26 Å². The van der Waals surface area contributed by atoms with E-state index in [-0.39, 0.29) is 6.61 Å². The van der Waals surface area contributed by atoms with E-state index in [0.29, 0.717) is 17.2 Å². The summed E-state index contributed by atoms with van der Waals surface area (Å²) in [4.78, 5) is 0. The van der Waals surface area contributed by atoms with Gasteiger partial charge in [0.25, 0.3) is 0 Å². The van der Waals surface area contributed by atoms with Gasteiger partial charge in [0.05, 0.1) is 0 Å². The second-order valence-corrected chi connectivity index (χ2v) is 3.63. The molecule has 0 amide bonds. The van der Waals surface area contributed by atoms with Crippen molar-refractivity contribution in [1.29, 1.82) is 5.26 Å². The molecule has 0 saturated heterocycles. The fourth-order valence-electron chi connectivity index (χ4n) is 1.43. The third kappa shape index (κ3) is 1.82. The number of benzene rings is 1.